The predicted molar refractivity (Wildman–Crippen MR) is 79.2 cm³/mol. The molecule has 0 saturated heterocycles. The minimum Gasteiger partial charge on any atom is -0.368 e. The maximum Gasteiger partial charge on any atom is 0.241 e. The highest BCUT2D eigenvalue weighted by Gasteiger charge is 2.26. The number of ketones is 1. The van der Waals surface area contributed by atoms with E-state index in [0.717, 1.165) is 0 Å². The summed E-state index contributed by atoms with van der Waals surface area (Å²) in [5.41, 5.74) is 5.52. The van der Waals surface area contributed by atoms with Crippen LogP contribution in [0.25, 0.3) is 0 Å². The first-order valence-electron chi connectivity index (χ1n) is 6.64. The fourth-order valence-corrected chi connectivity index (χ4v) is 3.20. The van der Waals surface area contributed by atoms with Crippen molar-refractivity contribution >= 4 is 21.7 Å². The normalized spacial score (nSPS) is 13.1. The highest BCUT2D eigenvalue weighted by molar-refractivity contribution is 7.89. The average Bonchev–Trinajstić information content (AvgIpc) is 2.43. The zero-order chi connectivity index (χ0) is 16.2. The minimum atomic E-state index is -3.92. The Morgan fingerprint density at radius 1 is 1.29 bits per heavy atom. The molecule has 6 nitrogen and oxygen atoms in total. The molecule has 1 atom stereocenters. The zero-order valence-corrected chi connectivity index (χ0v) is 13.1. The molecule has 0 aromatic heterocycles. The highest BCUT2D eigenvalue weighted by atomic mass is 32.2. The first-order chi connectivity index (χ1) is 9.69. The van der Waals surface area contributed by atoms with Crippen LogP contribution in [-0.4, -0.2) is 26.2 Å². The summed E-state index contributed by atoms with van der Waals surface area (Å²) in [5, 5.41) is 0. The molecule has 1 rings (SSSR count). The maximum atomic E-state index is 12.3. The summed E-state index contributed by atoms with van der Waals surface area (Å²) >= 11 is 0. The van der Waals surface area contributed by atoms with Crippen LogP contribution in [-0.2, 0) is 14.8 Å². The van der Waals surface area contributed by atoms with Crippen molar-refractivity contribution in [2.75, 3.05) is 0 Å². The molecule has 0 aliphatic heterocycles. The number of hydrogen-bond donors (Lipinski definition) is 2. The fraction of sp³-hybridized carbons (Fsp3) is 0.429. The second kappa shape index (κ2) is 6.82. The van der Waals surface area contributed by atoms with Gasteiger partial charge >= 0.3 is 0 Å². The second-order valence-corrected chi connectivity index (χ2v) is 6.76. The van der Waals surface area contributed by atoms with Gasteiger partial charge in [0, 0.05) is 12.0 Å². The van der Waals surface area contributed by atoms with E-state index in [1.807, 2.05) is 0 Å². The van der Waals surface area contributed by atoms with Crippen LogP contribution in [0, 0.1) is 5.92 Å². The molecule has 0 aliphatic carbocycles. The summed E-state index contributed by atoms with van der Waals surface area (Å²) in [6, 6.07) is 4.71. The predicted octanol–water partition coefficient (Wildman–Crippen LogP) is 1.07. The van der Waals surface area contributed by atoms with Crippen molar-refractivity contribution in [1.29, 1.82) is 0 Å². The monoisotopic (exact) mass is 312 g/mol. The van der Waals surface area contributed by atoms with E-state index in [1.165, 1.54) is 18.2 Å². The Hall–Kier alpha value is -1.73. The van der Waals surface area contributed by atoms with Gasteiger partial charge in [-0.05, 0) is 18.1 Å². The molecule has 3 N–H and O–H groups in total. The molecule has 0 fully saturated rings. The molecular weight excluding hydrogens is 292 g/mol. The molecule has 7 heteroatoms. The number of hydrogen-bond acceptors (Lipinski definition) is 4. The van der Waals surface area contributed by atoms with Gasteiger partial charge in [-0.2, -0.15) is 4.72 Å². The molecule has 1 aromatic rings. The minimum absolute atomic E-state index is 0.0614. The molecule has 1 aromatic carbocycles. The maximum absolute atomic E-state index is 12.3. The lowest BCUT2D eigenvalue weighted by atomic mass is 10.1. The Kier molecular flexibility index (Phi) is 5.62. The van der Waals surface area contributed by atoms with Crippen molar-refractivity contribution < 1.29 is 18.0 Å². The number of primary amides is 1. The van der Waals surface area contributed by atoms with Crippen LogP contribution in [0.5, 0.6) is 0 Å². The Labute approximate surface area is 124 Å². The zero-order valence-electron chi connectivity index (χ0n) is 12.3. The van der Waals surface area contributed by atoms with Crippen molar-refractivity contribution in [2.24, 2.45) is 11.7 Å². The van der Waals surface area contributed by atoms with E-state index in [-0.39, 0.29) is 23.0 Å². The van der Waals surface area contributed by atoms with Crippen LogP contribution >= 0.6 is 0 Å². The van der Waals surface area contributed by atoms with Crippen LogP contribution < -0.4 is 10.5 Å². The van der Waals surface area contributed by atoms with E-state index < -0.39 is 22.0 Å². The number of nitrogens with two attached hydrogens (primary N) is 1. The number of amides is 1. The Balaban J connectivity index is 3.13. The van der Waals surface area contributed by atoms with Gasteiger partial charge in [0.05, 0.1) is 4.90 Å². The van der Waals surface area contributed by atoms with Crippen molar-refractivity contribution in [3.63, 3.8) is 0 Å². The van der Waals surface area contributed by atoms with E-state index in [9.17, 15) is 18.0 Å². The van der Waals surface area contributed by atoms with Crippen LogP contribution in [0.4, 0.5) is 0 Å². The van der Waals surface area contributed by atoms with Crippen LogP contribution in [0.2, 0.25) is 0 Å². The number of nitrogens with one attached hydrogen (secondary N) is 1. The third kappa shape index (κ3) is 4.37. The molecule has 0 radical (unpaired) electrons. The first kappa shape index (κ1) is 17.3. The first-order valence-corrected chi connectivity index (χ1v) is 8.12. The molecule has 0 bridgehead atoms. The van der Waals surface area contributed by atoms with E-state index >= 15 is 0 Å². The number of carbonyl (C=O) groups is 2. The van der Waals surface area contributed by atoms with Gasteiger partial charge in [-0.15, -0.1) is 0 Å². The molecule has 1 amide bonds. The third-order valence-electron chi connectivity index (χ3n) is 3.04. The molecule has 0 aliphatic rings. The van der Waals surface area contributed by atoms with Gasteiger partial charge in [0.25, 0.3) is 0 Å². The molecule has 21 heavy (non-hydrogen) atoms. The van der Waals surface area contributed by atoms with Gasteiger partial charge in [0.1, 0.15) is 6.04 Å². The largest absolute Gasteiger partial charge is 0.368 e. The number of Topliss-reactive ketones (excluding diaryl/α,β-unsaturated/α-hetero) is 1. The molecule has 0 heterocycles. The van der Waals surface area contributed by atoms with Crippen LogP contribution in [0.1, 0.15) is 37.6 Å². The van der Waals surface area contributed by atoms with E-state index in [0.29, 0.717) is 5.56 Å². The van der Waals surface area contributed by atoms with Crippen molar-refractivity contribution in [3.05, 3.63) is 29.8 Å². The van der Waals surface area contributed by atoms with Crippen molar-refractivity contribution in [2.45, 2.75) is 38.1 Å². The lowest BCUT2D eigenvalue weighted by Gasteiger charge is -2.19. The fourth-order valence-electron chi connectivity index (χ4n) is 1.80. The van der Waals surface area contributed by atoms with Crippen molar-refractivity contribution in [1.82, 2.24) is 4.72 Å². The summed E-state index contributed by atoms with van der Waals surface area (Å²) in [6.45, 7) is 5.08. The van der Waals surface area contributed by atoms with Gasteiger partial charge in [-0.25, -0.2) is 8.42 Å². The Morgan fingerprint density at radius 3 is 2.38 bits per heavy atom. The number of carbonyl (C=O) groups excluding carboxylic acids is 2. The summed E-state index contributed by atoms with van der Waals surface area (Å²) in [4.78, 5) is 22.9. The average molecular weight is 312 g/mol. The van der Waals surface area contributed by atoms with Gasteiger partial charge < -0.3 is 5.73 Å². The standard InChI is InChI=1S/C14H20N2O4S/c1-4-12(17)10-6-5-7-11(8-10)21(19,20)16-13(9(2)3)14(15)18/h5-9,13,16H,4H2,1-3H3,(H2,15,18). The van der Waals surface area contributed by atoms with E-state index in [2.05, 4.69) is 4.72 Å². The summed E-state index contributed by atoms with van der Waals surface area (Å²) in [7, 11) is -3.92. The number of rotatable bonds is 7. The summed E-state index contributed by atoms with van der Waals surface area (Å²) in [6.07, 6.45) is 0.285. The van der Waals surface area contributed by atoms with E-state index in [1.54, 1.807) is 26.8 Å². The van der Waals surface area contributed by atoms with Crippen LogP contribution in [0.3, 0.4) is 0 Å². The Bertz CT molecular complexity index is 638. The van der Waals surface area contributed by atoms with Gasteiger partial charge in [-0.1, -0.05) is 32.9 Å². The molecule has 116 valence electrons. The number of benzene rings is 1. The van der Waals surface area contributed by atoms with Gasteiger partial charge in [-0.3, -0.25) is 9.59 Å². The summed E-state index contributed by atoms with van der Waals surface area (Å²) in [5.74, 6) is -1.17. The molecule has 0 spiro atoms. The van der Waals surface area contributed by atoms with Crippen molar-refractivity contribution in [3.8, 4) is 0 Å². The molecule has 1 unspecified atom stereocenters. The highest BCUT2D eigenvalue weighted by Crippen LogP contribution is 2.15. The SMILES string of the molecule is CCC(=O)c1cccc(S(=O)(=O)NC(C(N)=O)C(C)C)c1. The Morgan fingerprint density at radius 2 is 1.90 bits per heavy atom. The third-order valence-corrected chi connectivity index (χ3v) is 4.48. The van der Waals surface area contributed by atoms with Crippen LogP contribution in [0.15, 0.2) is 29.2 Å². The second-order valence-electron chi connectivity index (χ2n) is 5.05. The number of sulfonamides is 1. The lowest BCUT2D eigenvalue weighted by molar-refractivity contribution is -0.120. The quantitative estimate of drug-likeness (QED) is 0.734. The topological polar surface area (TPSA) is 106 Å². The van der Waals surface area contributed by atoms with E-state index in [4.69, 9.17) is 5.73 Å². The van der Waals surface area contributed by atoms with Gasteiger partial charge in [0.2, 0.25) is 15.9 Å². The smallest absolute Gasteiger partial charge is 0.241 e. The molecule has 0 saturated carbocycles. The summed E-state index contributed by atoms with van der Waals surface area (Å²) < 4.78 is 26.8. The lowest BCUT2D eigenvalue weighted by Crippen LogP contribution is -2.47. The molecular formula is C14H20N2O4S. The van der Waals surface area contributed by atoms with Gasteiger partial charge in [0.15, 0.2) is 5.78 Å².